The lowest BCUT2D eigenvalue weighted by Gasteiger charge is -1.86. The second-order valence-electron chi connectivity index (χ2n) is 2.24. The van der Waals surface area contributed by atoms with Crippen molar-refractivity contribution in [3.63, 3.8) is 0 Å². The number of nitrogens with zero attached hydrogens (tertiary/aromatic N) is 2. The molecule has 0 N–H and O–H groups in total. The van der Waals surface area contributed by atoms with Gasteiger partial charge in [-0.05, 0) is 23.7 Å². The van der Waals surface area contributed by atoms with E-state index in [-0.39, 0.29) is 5.22 Å². The van der Waals surface area contributed by atoms with Crippen LogP contribution in [0.1, 0.15) is 5.69 Å². The normalized spacial score (nSPS) is 10.0. The van der Waals surface area contributed by atoms with Crippen molar-refractivity contribution in [1.82, 2.24) is 4.98 Å². The van der Waals surface area contributed by atoms with Gasteiger partial charge in [-0.25, -0.2) is 4.98 Å². The number of hydrogen-bond acceptors (Lipinski definition) is 3. The molecule has 0 bridgehead atoms. The molecule has 0 unspecified atom stereocenters. The van der Waals surface area contributed by atoms with E-state index in [1.165, 1.54) is 0 Å². The van der Waals surface area contributed by atoms with Crippen molar-refractivity contribution in [1.29, 1.82) is 5.26 Å². The third kappa shape index (κ3) is 1.03. The zero-order valence-electron chi connectivity index (χ0n) is 5.91. The van der Waals surface area contributed by atoms with Crippen LogP contribution in [-0.4, -0.2) is 4.98 Å². The molecular weight excluding hydrogens is 176 g/mol. The van der Waals surface area contributed by atoms with Crippen LogP contribution >= 0.6 is 11.6 Å². The van der Waals surface area contributed by atoms with Crippen molar-refractivity contribution in [3.05, 3.63) is 29.1 Å². The predicted octanol–water partition coefficient (Wildman–Crippen LogP) is 2.35. The highest BCUT2D eigenvalue weighted by Crippen LogP contribution is 2.20. The van der Waals surface area contributed by atoms with Crippen LogP contribution in [0.25, 0.3) is 11.1 Å². The molecule has 58 valence electrons. The lowest BCUT2D eigenvalue weighted by atomic mass is 10.3. The molecule has 3 nitrogen and oxygen atoms in total. The fourth-order valence-electron chi connectivity index (χ4n) is 0.956. The van der Waals surface area contributed by atoms with Gasteiger partial charge in [0.2, 0.25) is 0 Å². The molecule has 0 saturated heterocycles. The highest BCUT2D eigenvalue weighted by Gasteiger charge is 2.02. The van der Waals surface area contributed by atoms with E-state index in [1.54, 1.807) is 18.2 Å². The Morgan fingerprint density at radius 1 is 1.50 bits per heavy atom. The van der Waals surface area contributed by atoms with Crippen molar-refractivity contribution >= 4 is 22.7 Å². The predicted molar refractivity (Wildman–Crippen MR) is 43.7 cm³/mol. The molecule has 0 spiro atoms. The summed E-state index contributed by atoms with van der Waals surface area (Å²) in [7, 11) is 0. The first-order chi connectivity index (χ1) is 5.79. The molecule has 0 atom stereocenters. The summed E-state index contributed by atoms with van der Waals surface area (Å²) in [5, 5.41) is 8.81. The highest BCUT2D eigenvalue weighted by atomic mass is 35.5. The van der Waals surface area contributed by atoms with Gasteiger partial charge < -0.3 is 4.42 Å². The standard InChI is InChI=1S/C8H3ClN2O/c9-8-3-6-7(12-8)2-1-5(4-10)11-6/h1-3H. The van der Waals surface area contributed by atoms with Crippen molar-refractivity contribution < 1.29 is 4.42 Å². The highest BCUT2D eigenvalue weighted by molar-refractivity contribution is 6.29. The lowest BCUT2D eigenvalue weighted by Crippen LogP contribution is -1.79. The summed E-state index contributed by atoms with van der Waals surface area (Å²) in [6, 6.07) is 6.77. The first kappa shape index (κ1) is 7.14. The van der Waals surface area contributed by atoms with Gasteiger partial charge in [0.1, 0.15) is 17.3 Å². The molecule has 0 aliphatic heterocycles. The smallest absolute Gasteiger partial charge is 0.196 e. The average Bonchev–Trinajstić information content (AvgIpc) is 2.43. The summed E-state index contributed by atoms with van der Waals surface area (Å²) >= 11 is 5.59. The lowest BCUT2D eigenvalue weighted by molar-refractivity contribution is 0.617. The number of furan rings is 1. The number of hydrogen-bond donors (Lipinski definition) is 0. The summed E-state index contributed by atoms with van der Waals surface area (Å²) in [6.45, 7) is 0. The maximum atomic E-state index is 8.53. The number of pyridine rings is 1. The molecule has 0 radical (unpaired) electrons. The van der Waals surface area contributed by atoms with Gasteiger partial charge in [0.05, 0.1) is 0 Å². The minimum absolute atomic E-state index is 0.285. The number of aromatic nitrogens is 1. The molecule has 0 fully saturated rings. The Morgan fingerprint density at radius 2 is 2.33 bits per heavy atom. The van der Waals surface area contributed by atoms with E-state index in [9.17, 15) is 0 Å². The van der Waals surface area contributed by atoms with Gasteiger partial charge in [0, 0.05) is 6.07 Å². The van der Waals surface area contributed by atoms with E-state index in [0.717, 1.165) is 0 Å². The molecule has 2 aromatic rings. The zero-order valence-corrected chi connectivity index (χ0v) is 6.67. The van der Waals surface area contributed by atoms with Gasteiger partial charge in [-0.1, -0.05) is 0 Å². The number of fused-ring (bicyclic) bond motifs is 1. The number of rotatable bonds is 0. The molecule has 0 aromatic carbocycles. The minimum atomic E-state index is 0.285. The van der Waals surface area contributed by atoms with Crippen molar-refractivity contribution in [2.45, 2.75) is 0 Å². The molecule has 0 aliphatic carbocycles. The van der Waals surface area contributed by atoms with E-state index in [2.05, 4.69) is 4.98 Å². The Bertz CT molecular complexity index is 469. The minimum Gasteiger partial charge on any atom is -0.443 e. The molecule has 4 heteroatoms. The largest absolute Gasteiger partial charge is 0.443 e. The van der Waals surface area contributed by atoms with E-state index < -0.39 is 0 Å². The van der Waals surface area contributed by atoms with Crippen LogP contribution in [0.15, 0.2) is 22.6 Å². The Balaban J connectivity index is 2.77. The van der Waals surface area contributed by atoms with Crippen molar-refractivity contribution in [2.24, 2.45) is 0 Å². The topological polar surface area (TPSA) is 49.8 Å². The van der Waals surface area contributed by atoms with Crippen molar-refractivity contribution in [3.8, 4) is 6.07 Å². The van der Waals surface area contributed by atoms with Gasteiger partial charge in [-0.3, -0.25) is 0 Å². The van der Waals surface area contributed by atoms with Gasteiger partial charge in [0.25, 0.3) is 0 Å². The summed E-state index contributed by atoms with van der Waals surface area (Å²) in [6.07, 6.45) is 0. The average molecular weight is 179 g/mol. The Hall–Kier alpha value is -1.53. The molecule has 0 aliphatic rings. The summed E-state index contributed by atoms with van der Waals surface area (Å²) in [4.78, 5) is 3.98. The summed E-state index contributed by atoms with van der Waals surface area (Å²) in [5.74, 6) is 0. The van der Waals surface area contributed by atoms with Gasteiger partial charge in [-0.15, -0.1) is 0 Å². The Labute approximate surface area is 73.2 Å². The second kappa shape index (κ2) is 2.50. The van der Waals surface area contributed by atoms with Crippen molar-refractivity contribution in [2.75, 3.05) is 0 Å². The zero-order chi connectivity index (χ0) is 8.55. The number of nitriles is 1. The fourth-order valence-corrected chi connectivity index (χ4v) is 1.14. The van der Waals surface area contributed by atoms with E-state index in [1.807, 2.05) is 6.07 Å². The first-order valence-electron chi connectivity index (χ1n) is 3.26. The Kier molecular flexibility index (Phi) is 1.49. The summed E-state index contributed by atoms with van der Waals surface area (Å²) < 4.78 is 5.06. The van der Waals surface area contributed by atoms with E-state index in [4.69, 9.17) is 21.3 Å². The quantitative estimate of drug-likeness (QED) is 0.622. The fraction of sp³-hybridized carbons (Fsp3) is 0. The molecule has 0 amide bonds. The maximum absolute atomic E-state index is 8.53. The van der Waals surface area contributed by atoms with Gasteiger partial charge in [-0.2, -0.15) is 5.26 Å². The van der Waals surface area contributed by atoms with Crippen LogP contribution < -0.4 is 0 Å². The molecule has 2 rings (SSSR count). The molecule has 2 heterocycles. The van der Waals surface area contributed by atoms with Gasteiger partial charge >= 0.3 is 0 Å². The van der Waals surface area contributed by atoms with Crippen LogP contribution in [0, 0.1) is 11.3 Å². The van der Waals surface area contributed by atoms with E-state index >= 15 is 0 Å². The van der Waals surface area contributed by atoms with Crippen LogP contribution in [0.2, 0.25) is 5.22 Å². The van der Waals surface area contributed by atoms with Crippen LogP contribution in [0.3, 0.4) is 0 Å². The van der Waals surface area contributed by atoms with Crippen LogP contribution in [-0.2, 0) is 0 Å². The molecule has 0 saturated carbocycles. The first-order valence-corrected chi connectivity index (χ1v) is 3.63. The number of halogens is 1. The van der Waals surface area contributed by atoms with Crippen LogP contribution in [0.4, 0.5) is 0 Å². The molecule has 2 aromatic heterocycles. The monoisotopic (exact) mass is 178 g/mol. The molecule has 12 heavy (non-hydrogen) atoms. The molecular formula is C8H3ClN2O. The van der Waals surface area contributed by atoms with Gasteiger partial charge in [0.15, 0.2) is 10.8 Å². The third-order valence-corrected chi connectivity index (χ3v) is 1.64. The summed E-state index contributed by atoms with van der Waals surface area (Å²) in [5.41, 5.74) is 1.57. The third-order valence-electron chi connectivity index (χ3n) is 1.46. The van der Waals surface area contributed by atoms with E-state index in [0.29, 0.717) is 16.8 Å². The Morgan fingerprint density at radius 3 is 3.08 bits per heavy atom. The van der Waals surface area contributed by atoms with Crippen LogP contribution in [0.5, 0.6) is 0 Å². The SMILES string of the molecule is N#Cc1ccc2oc(Cl)cc2n1. The second-order valence-corrected chi connectivity index (χ2v) is 2.61. The maximum Gasteiger partial charge on any atom is 0.196 e.